The molecule has 2 aromatic carbocycles. The van der Waals surface area contributed by atoms with E-state index >= 15 is 0 Å². The second-order valence-electron chi connectivity index (χ2n) is 7.68. The summed E-state index contributed by atoms with van der Waals surface area (Å²) in [6.07, 6.45) is -0.457. The summed E-state index contributed by atoms with van der Waals surface area (Å²) in [5.74, 6) is 0.169. The van der Waals surface area contributed by atoms with Gasteiger partial charge in [-0.3, -0.25) is 10.1 Å². The number of aromatic nitrogens is 2. The number of hydrogen-bond acceptors (Lipinski definition) is 9. The molecule has 36 heavy (non-hydrogen) atoms. The van der Waals surface area contributed by atoms with Crippen LogP contribution in [0.1, 0.15) is 17.3 Å². The topological polar surface area (TPSA) is 144 Å². The van der Waals surface area contributed by atoms with E-state index in [4.69, 9.17) is 13.9 Å². The largest absolute Gasteiger partial charge is 0.496 e. The number of hydrogen-bond donors (Lipinski definition) is 1. The summed E-state index contributed by atoms with van der Waals surface area (Å²) in [6.45, 7) is 2.74. The maximum absolute atomic E-state index is 13.0. The van der Waals surface area contributed by atoms with Gasteiger partial charge >= 0.3 is 12.1 Å². The van der Waals surface area contributed by atoms with E-state index in [1.54, 1.807) is 31.2 Å². The zero-order valence-electron chi connectivity index (χ0n) is 19.7. The number of methoxy groups -OCH3 is 1. The maximum atomic E-state index is 13.0. The first-order valence-electron chi connectivity index (χ1n) is 11.1. The Kier molecular flexibility index (Phi) is 7.50. The van der Waals surface area contributed by atoms with Gasteiger partial charge in [-0.15, -0.1) is 5.10 Å². The first-order chi connectivity index (χ1) is 17.3. The highest BCUT2D eigenvalue weighted by atomic mass is 32.2. The molecule has 2 amide bonds. The molecule has 1 aromatic heterocycles. The molecule has 190 valence electrons. The van der Waals surface area contributed by atoms with Crippen molar-refractivity contribution >= 4 is 28.0 Å². The predicted molar refractivity (Wildman–Crippen MR) is 128 cm³/mol. The van der Waals surface area contributed by atoms with Crippen LogP contribution in [0.25, 0.3) is 11.5 Å². The van der Waals surface area contributed by atoms with Crippen LogP contribution in [0, 0.1) is 0 Å². The van der Waals surface area contributed by atoms with Gasteiger partial charge in [-0.2, -0.15) is 4.31 Å². The molecule has 4 rings (SSSR count). The highest BCUT2D eigenvalue weighted by Crippen LogP contribution is 2.29. The van der Waals surface area contributed by atoms with E-state index in [1.165, 1.54) is 40.6 Å². The van der Waals surface area contributed by atoms with Crippen LogP contribution in [-0.4, -0.2) is 79.7 Å². The molecule has 12 nitrogen and oxygen atoms in total. The molecule has 0 bridgehead atoms. The number of piperazine rings is 1. The maximum Gasteiger partial charge on any atom is 0.409 e. The van der Waals surface area contributed by atoms with E-state index in [2.05, 4.69) is 15.5 Å². The van der Waals surface area contributed by atoms with Crippen molar-refractivity contribution in [1.29, 1.82) is 0 Å². The molecule has 2 heterocycles. The second kappa shape index (κ2) is 10.7. The van der Waals surface area contributed by atoms with Gasteiger partial charge < -0.3 is 18.8 Å². The zero-order valence-corrected chi connectivity index (χ0v) is 20.5. The van der Waals surface area contributed by atoms with Crippen molar-refractivity contribution in [3.05, 3.63) is 54.1 Å². The number of sulfonamides is 1. The summed E-state index contributed by atoms with van der Waals surface area (Å²) >= 11 is 0. The fourth-order valence-electron chi connectivity index (χ4n) is 3.63. The minimum atomic E-state index is -3.79. The number of rotatable bonds is 7. The fraction of sp³-hybridized carbons (Fsp3) is 0.304. The smallest absolute Gasteiger partial charge is 0.409 e. The molecule has 1 fully saturated rings. The van der Waals surface area contributed by atoms with Crippen molar-refractivity contribution in [3.8, 4) is 17.2 Å². The average Bonchev–Trinajstić information content (AvgIpc) is 3.37. The lowest BCUT2D eigenvalue weighted by molar-refractivity contribution is 0.0933. The Morgan fingerprint density at radius 2 is 1.72 bits per heavy atom. The van der Waals surface area contributed by atoms with Gasteiger partial charge in [0.25, 0.3) is 11.8 Å². The summed E-state index contributed by atoms with van der Waals surface area (Å²) in [7, 11) is -2.27. The van der Waals surface area contributed by atoms with Crippen molar-refractivity contribution in [1.82, 2.24) is 19.4 Å². The number of para-hydroxylation sites is 1. The molecule has 0 atom stereocenters. The van der Waals surface area contributed by atoms with Gasteiger partial charge in [0.1, 0.15) is 5.75 Å². The average molecular weight is 516 g/mol. The molecule has 1 saturated heterocycles. The summed E-state index contributed by atoms with van der Waals surface area (Å²) in [5, 5.41) is 10.3. The molecule has 0 radical (unpaired) electrons. The van der Waals surface area contributed by atoms with Crippen LogP contribution in [0.15, 0.2) is 57.8 Å². The number of amides is 2. The Labute approximate surface area is 207 Å². The first-order valence-corrected chi connectivity index (χ1v) is 12.6. The monoisotopic (exact) mass is 515 g/mol. The predicted octanol–water partition coefficient (Wildman–Crippen LogP) is 2.46. The van der Waals surface area contributed by atoms with E-state index in [0.29, 0.717) is 11.3 Å². The van der Waals surface area contributed by atoms with Crippen LogP contribution < -0.4 is 10.1 Å². The minimum absolute atomic E-state index is 0.0416. The second-order valence-corrected chi connectivity index (χ2v) is 9.62. The van der Waals surface area contributed by atoms with E-state index in [0.717, 1.165) is 0 Å². The van der Waals surface area contributed by atoms with Gasteiger partial charge in [-0.1, -0.05) is 17.2 Å². The van der Waals surface area contributed by atoms with Gasteiger partial charge in [0, 0.05) is 31.7 Å². The third-order valence-electron chi connectivity index (χ3n) is 5.50. The highest BCUT2D eigenvalue weighted by Gasteiger charge is 2.30. The lowest BCUT2D eigenvalue weighted by atomic mass is 10.2. The van der Waals surface area contributed by atoms with Gasteiger partial charge in [0.15, 0.2) is 0 Å². The van der Waals surface area contributed by atoms with Crippen LogP contribution >= 0.6 is 0 Å². The number of ether oxygens (including phenoxy) is 2. The quantitative estimate of drug-likeness (QED) is 0.502. The van der Waals surface area contributed by atoms with Gasteiger partial charge in [0.2, 0.25) is 10.0 Å². The van der Waals surface area contributed by atoms with E-state index in [9.17, 15) is 18.0 Å². The van der Waals surface area contributed by atoms with Crippen LogP contribution in [0.3, 0.4) is 0 Å². The molecular weight excluding hydrogens is 490 g/mol. The van der Waals surface area contributed by atoms with Crippen molar-refractivity contribution in [2.45, 2.75) is 11.8 Å². The van der Waals surface area contributed by atoms with Gasteiger partial charge in [-0.05, 0) is 43.3 Å². The number of anilines is 1. The SMILES string of the molecule is CCOC(=O)N1CCN(S(=O)(=O)c2ccc(C(=O)Nc3nnc(-c4ccccc4OC)o3)cc2)CC1. The molecular formula is C23H25N5O7S. The molecule has 1 aliphatic rings. The molecule has 0 saturated carbocycles. The number of nitrogens with zero attached hydrogens (tertiary/aromatic N) is 4. The molecule has 0 unspecified atom stereocenters. The van der Waals surface area contributed by atoms with Crippen LogP contribution in [0.2, 0.25) is 0 Å². The Hall–Kier alpha value is -3.97. The third-order valence-corrected chi connectivity index (χ3v) is 7.41. The molecule has 13 heteroatoms. The van der Waals surface area contributed by atoms with Crippen LogP contribution in [0.4, 0.5) is 10.8 Å². The standard InChI is InChI=1S/C23H25N5O7S/c1-3-34-23(30)27-12-14-28(15-13-27)36(31,32)17-10-8-16(9-11-17)20(29)24-22-26-25-21(35-22)18-6-4-5-7-19(18)33-2/h4-11H,3,12-15H2,1-2H3,(H,24,26,29). The molecule has 0 aliphatic carbocycles. The Morgan fingerprint density at radius 3 is 2.39 bits per heavy atom. The highest BCUT2D eigenvalue weighted by molar-refractivity contribution is 7.89. The van der Waals surface area contributed by atoms with E-state index in [-0.39, 0.29) is 55.2 Å². The third kappa shape index (κ3) is 5.31. The molecule has 0 spiro atoms. The molecule has 3 aromatic rings. The summed E-state index contributed by atoms with van der Waals surface area (Å²) in [4.78, 5) is 26.0. The Morgan fingerprint density at radius 1 is 1.03 bits per heavy atom. The van der Waals surface area contributed by atoms with Crippen molar-refractivity contribution in [2.24, 2.45) is 0 Å². The summed E-state index contributed by atoms with van der Waals surface area (Å²) in [6, 6.07) is 12.5. The van der Waals surface area contributed by atoms with Crippen molar-refractivity contribution < 1.29 is 31.9 Å². The first kappa shape index (κ1) is 25.1. The van der Waals surface area contributed by atoms with Gasteiger partial charge in [0.05, 0.1) is 24.2 Å². The summed E-state index contributed by atoms with van der Waals surface area (Å²) in [5.41, 5.74) is 0.781. The number of nitrogens with one attached hydrogen (secondary N) is 1. The van der Waals surface area contributed by atoms with Crippen LogP contribution in [-0.2, 0) is 14.8 Å². The number of benzene rings is 2. The van der Waals surface area contributed by atoms with E-state index in [1.807, 2.05) is 0 Å². The number of carbonyl (C=O) groups excluding carboxylic acids is 2. The molecule has 1 N–H and O–H groups in total. The Balaban J connectivity index is 1.40. The van der Waals surface area contributed by atoms with Crippen molar-refractivity contribution in [3.63, 3.8) is 0 Å². The zero-order chi connectivity index (χ0) is 25.7. The van der Waals surface area contributed by atoms with Crippen LogP contribution in [0.5, 0.6) is 5.75 Å². The lowest BCUT2D eigenvalue weighted by Crippen LogP contribution is -2.50. The van der Waals surface area contributed by atoms with Crippen molar-refractivity contribution in [2.75, 3.05) is 45.2 Å². The lowest BCUT2D eigenvalue weighted by Gasteiger charge is -2.33. The van der Waals surface area contributed by atoms with E-state index < -0.39 is 22.0 Å². The normalized spacial score (nSPS) is 14.3. The molecule has 1 aliphatic heterocycles. The number of carbonyl (C=O) groups is 2. The summed E-state index contributed by atoms with van der Waals surface area (Å²) < 4.78 is 43.1. The minimum Gasteiger partial charge on any atom is -0.496 e. The fourth-order valence-corrected chi connectivity index (χ4v) is 5.05. The Bertz CT molecular complexity index is 1330. The van der Waals surface area contributed by atoms with Gasteiger partial charge in [-0.25, -0.2) is 13.2 Å².